The topological polar surface area (TPSA) is 64.3 Å². The number of ether oxygens (including phenoxy) is 1. The summed E-state index contributed by atoms with van der Waals surface area (Å²) in [7, 11) is 1.93. The van der Waals surface area contributed by atoms with Crippen LogP contribution in [0.2, 0.25) is 0 Å². The van der Waals surface area contributed by atoms with Gasteiger partial charge in [-0.3, -0.25) is 0 Å². The Labute approximate surface area is 152 Å². The fraction of sp³-hybridized carbons (Fsp3) is 0.333. The highest BCUT2D eigenvalue weighted by Crippen LogP contribution is 2.42. The SMILES string of the molecule is CC(C)c1nc2c3c(c(C(=O)O)cc2n1C)CCC(c1ccccc1)O3. The summed E-state index contributed by atoms with van der Waals surface area (Å²) in [6, 6.07) is 11.8. The minimum Gasteiger partial charge on any atom is -0.483 e. The van der Waals surface area contributed by atoms with Crippen molar-refractivity contribution in [1.29, 1.82) is 0 Å². The second kappa shape index (κ2) is 6.16. The summed E-state index contributed by atoms with van der Waals surface area (Å²) in [6.45, 7) is 4.17. The van der Waals surface area contributed by atoms with Crippen molar-refractivity contribution in [2.24, 2.45) is 7.05 Å². The van der Waals surface area contributed by atoms with Crippen LogP contribution in [-0.2, 0) is 13.5 Å². The van der Waals surface area contributed by atoms with E-state index in [9.17, 15) is 9.90 Å². The molecule has 26 heavy (non-hydrogen) atoms. The van der Waals surface area contributed by atoms with Crippen molar-refractivity contribution >= 4 is 17.0 Å². The van der Waals surface area contributed by atoms with Crippen molar-refractivity contribution < 1.29 is 14.6 Å². The zero-order valence-corrected chi connectivity index (χ0v) is 15.2. The van der Waals surface area contributed by atoms with Crippen LogP contribution >= 0.6 is 0 Å². The molecule has 1 aliphatic rings. The van der Waals surface area contributed by atoms with Crippen molar-refractivity contribution in [1.82, 2.24) is 9.55 Å². The van der Waals surface area contributed by atoms with Gasteiger partial charge in [-0.2, -0.15) is 0 Å². The molecule has 1 atom stereocenters. The maximum absolute atomic E-state index is 11.8. The number of carboxylic acid groups (broad SMARTS) is 1. The number of hydrogen-bond donors (Lipinski definition) is 1. The lowest BCUT2D eigenvalue weighted by molar-refractivity contribution is 0.0693. The molecule has 2 heterocycles. The van der Waals surface area contributed by atoms with Crippen molar-refractivity contribution in [3.05, 3.63) is 58.9 Å². The first kappa shape index (κ1) is 16.6. The predicted molar refractivity (Wildman–Crippen MR) is 99.9 cm³/mol. The van der Waals surface area contributed by atoms with E-state index in [4.69, 9.17) is 9.72 Å². The number of benzene rings is 2. The molecule has 1 unspecified atom stereocenters. The summed E-state index contributed by atoms with van der Waals surface area (Å²) >= 11 is 0. The molecule has 0 bridgehead atoms. The van der Waals surface area contributed by atoms with Crippen molar-refractivity contribution in [2.75, 3.05) is 0 Å². The molecule has 134 valence electrons. The third-order valence-electron chi connectivity index (χ3n) is 5.10. The van der Waals surface area contributed by atoms with Gasteiger partial charge in [0.25, 0.3) is 0 Å². The summed E-state index contributed by atoms with van der Waals surface area (Å²) in [5, 5.41) is 9.70. The molecule has 0 saturated heterocycles. The zero-order chi connectivity index (χ0) is 18.4. The first-order valence-corrected chi connectivity index (χ1v) is 8.94. The molecule has 1 aliphatic heterocycles. The number of nitrogens with zero attached hydrogens (tertiary/aromatic N) is 2. The standard InChI is InChI=1S/C21H22N2O3/c1-12(2)20-22-18-16(23(20)3)11-15(21(24)25)14-9-10-17(26-19(14)18)13-7-5-4-6-8-13/h4-8,11-12,17H,9-10H2,1-3H3,(H,24,25). The van der Waals surface area contributed by atoms with Crippen molar-refractivity contribution in [3.8, 4) is 5.75 Å². The Morgan fingerprint density at radius 2 is 2.04 bits per heavy atom. The van der Waals surface area contributed by atoms with E-state index in [2.05, 4.69) is 13.8 Å². The van der Waals surface area contributed by atoms with Gasteiger partial charge in [0.15, 0.2) is 5.75 Å². The molecule has 2 aromatic carbocycles. The summed E-state index contributed by atoms with van der Waals surface area (Å²) in [6.07, 6.45) is 1.34. The van der Waals surface area contributed by atoms with Crippen molar-refractivity contribution in [3.63, 3.8) is 0 Å². The Balaban J connectivity index is 1.92. The van der Waals surface area contributed by atoms with Crippen molar-refractivity contribution in [2.45, 2.75) is 38.7 Å². The Kier molecular flexibility index (Phi) is 3.94. The number of carboxylic acids is 1. The quantitative estimate of drug-likeness (QED) is 0.757. The van der Waals surface area contributed by atoms with Gasteiger partial charge in [0.1, 0.15) is 17.4 Å². The highest BCUT2D eigenvalue weighted by molar-refractivity contribution is 5.98. The van der Waals surface area contributed by atoms with Gasteiger partial charge in [0.2, 0.25) is 0 Å². The Bertz CT molecular complexity index is 990. The molecular weight excluding hydrogens is 328 g/mol. The van der Waals surface area contributed by atoms with Gasteiger partial charge in [-0.05, 0) is 24.5 Å². The van der Waals surface area contributed by atoms with Crippen LogP contribution in [0.4, 0.5) is 0 Å². The fourth-order valence-electron chi connectivity index (χ4n) is 3.81. The van der Waals surface area contributed by atoms with Crippen LogP contribution in [0, 0.1) is 0 Å². The number of aromatic carboxylic acids is 1. The highest BCUT2D eigenvalue weighted by atomic mass is 16.5. The maximum atomic E-state index is 11.8. The van der Waals surface area contributed by atoms with Crippen LogP contribution in [0.25, 0.3) is 11.0 Å². The summed E-state index contributed by atoms with van der Waals surface area (Å²) < 4.78 is 8.31. The molecule has 0 spiro atoms. The first-order chi connectivity index (χ1) is 12.5. The van der Waals surface area contributed by atoms with Crippen LogP contribution in [0.3, 0.4) is 0 Å². The Morgan fingerprint density at radius 1 is 1.31 bits per heavy atom. The number of imidazole rings is 1. The Hall–Kier alpha value is -2.82. The lowest BCUT2D eigenvalue weighted by atomic mass is 9.93. The third-order valence-corrected chi connectivity index (χ3v) is 5.10. The highest BCUT2D eigenvalue weighted by Gasteiger charge is 2.30. The molecule has 0 radical (unpaired) electrons. The van der Waals surface area contributed by atoms with Gasteiger partial charge in [0.05, 0.1) is 11.1 Å². The Morgan fingerprint density at radius 3 is 2.69 bits per heavy atom. The normalized spacial score (nSPS) is 16.5. The maximum Gasteiger partial charge on any atom is 0.336 e. The molecule has 1 aromatic heterocycles. The zero-order valence-electron chi connectivity index (χ0n) is 15.2. The molecule has 1 N–H and O–H groups in total. The number of aromatic nitrogens is 2. The van der Waals surface area contributed by atoms with E-state index in [-0.39, 0.29) is 12.0 Å². The van der Waals surface area contributed by atoms with Gasteiger partial charge < -0.3 is 14.4 Å². The second-order valence-corrected chi connectivity index (χ2v) is 7.14. The van der Waals surface area contributed by atoms with E-state index in [0.717, 1.165) is 34.4 Å². The van der Waals surface area contributed by atoms with E-state index < -0.39 is 5.97 Å². The molecule has 4 rings (SSSR count). The number of fused-ring (bicyclic) bond motifs is 3. The minimum atomic E-state index is -0.919. The van der Waals surface area contributed by atoms with E-state index >= 15 is 0 Å². The van der Waals surface area contributed by atoms with Crippen LogP contribution in [-0.4, -0.2) is 20.6 Å². The fourth-order valence-corrected chi connectivity index (χ4v) is 3.81. The summed E-state index contributed by atoms with van der Waals surface area (Å²) in [5.74, 6) is 0.875. The molecule has 0 fully saturated rings. The number of rotatable bonds is 3. The number of aryl methyl sites for hydroxylation is 1. The van der Waals surface area contributed by atoms with Gasteiger partial charge in [-0.1, -0.05) is 44.2 Å². The van der Waals surface area contributed by atoms with E-state index in [0.29, 0.717) is 17.7 Å². The first-order valence-electron chi connectivity index (χ1n) is 8.94. The predicted octanol–water partition coefficient (Wildman–Crippen LogP) is 4.46. The van der Waals surface area contributed by atoms with Crippen LogP contribution in [0.5, 0.6) is 5.75 Å². The molecule has 5 nitrogen and oxygen atoms in total. The smallest absolute Gasteiger partial charge is 0.336 e. The van der Waals surface area contributed by atoms with Crippen LogP contribution in [0.15, 0.2) is 36.4 Å². The van der Waals surface area contributed by atoms with Gasteiger partial charge in [-0.15, -0.1) is 0 Å². The second-order valence-electron chi connectivity index (χ2n) is 7.14. The molecule has 0 saturated carbocycles. The molecular formula is C21H22N2O3. The third kappa shape index (κ3) is 2.55. The monoisotopic (exact) mass is 350 g/mol. The molecule has 5 heteroatoms. The van der Waals surface area contributed by atoms with Gasteiger partial charge in [0, 0.05) is 18.5 Å². The average Bonchev–Trinajstić information content (AvgIpc) is 2.98. The van der Waals surface area contributed by atoms with E-state index in [1.54, 1.807) is 6.07 Å². The molecule has 3 aromatic rings. The van der Waals surface area contributed by atoms with E-state index in [1.807, 2.05) is 41.9 Å². The van der Waals surface area contributed by atoms with Gasteiger partial charge >= 0.3 is 5.97 Å². The number of hydrogen-bond acceptors (Lipinski definition) is 3. The lowest BCUT2D eigenvalue weighted by Gasteiger charge is -2.27. The number of carbonyl (C=O) groups is 1. The average molecular weight is 350 g/mol. The van der Waals surface area contributed by atoms with Crippen LogP contribution in [0.1, 0.15) is 59.6 Å². The summed E-state index contributed by atoms with van der Waals surface area (Å²) in [5.41, 5.74) is 3.74. The van der Waals surface area contributed by atoms with Gasteiger partial charge in [-0.25, -0.2) is 9.78 Å². The molecule has 0 aliphatic carbocycles. The molecule has 0 amide bonds. The summed E-state index contributed by atoms with van der Waals surface area (Å²) in [4.78, 5) is 16.6. The lowest BCUT2D eigenvalue weighted by Crippen LogP contribution is -2.18. The van der Waals surface area contributed by atoms with E-state index in [1.165, 1.54) is 0 Å². The largest absolute Gasteiger partial charge is 0.483 e. The minimum absolute atomic E-state index is 0.0829. The van der Waals surface area contributed by atoms with Crippen LogP contribution < -0.4 is 4.74 Å².